The van der Waals surface area contributed by atoms with Gasteiger partial charge in [0.2, 0.25) is 0 Å². The Labute approximate surface area is 174 Å². The van der Waals surface area contributed by atoms with Crippen LogP contribution >= 0.6 is 0 Å². The standard InChI is InChI=1S/C24H33FN4/c1-2-28-14-6-8-22(28)19-27(18-21-7-5-11-26-16-21)17-20-9-10-24(23(25)15-20)29-12-3-4-13-29/h5,7,9-11,15-16,22H,2-4,6,8,12-14,17-19H2,1H3. The third kappa shape index (κ3) is 5.14. The minimum atomic E-state index is -0.0817. The van der Waals surface area contributed by atoms with Gasteiger partial charge in [-0.2, -0.15) is 0 Å². The van der Waals surface area contributed by atoms with Crippen LogP contribution in [0.1, 0.15) is 43.7 Å². The predicted molar refractivity (Wildman–Crippen MR) is 116 cm³/mol. The molecule has 2 aliphatic rings. The molecule has 0 aliphatic carbocycles. The first-order valence-corrected chi connectivity index (χ1v) is 11.1. The van der Waals surface area contributed by atoms with Gasteiger partial charge in [0.25, 0.3) is 0 Å². The van der Waals surface area contributed by atoms with Crippen molar-refractivity contribution in [1.29, 1.82) is 0 Å². The van der Waals surface area contributed by atoms with E-state index in [4.69, 9.17) is 0 Å². The third-order valence-corrected chi connectivity index (χ3v) is 6.37. The Morgan fingerprint density at radius 3 is 2.62 bits per heavy atom. The number of halogens is 1. The summed E-state index contributed by atoms with van der Waals surface area (Å²) in [5.41, 5.74) is 3.02. The molecule has 0 spiro atoms. The van der Waals surface area contributed by atoms with Crippen molar-refractivity contribution < 1.29 is 4.39 Å². The van der Waals surface area contributed by atoms with Crippen LogP contribution in [0.25, 0.3) is 0 Å². The van der Waals surface area contributed by atoms with Crippen molar-refractivity contribution in [1.82, 2.24) is 14.8 Å². The van der Waals surface area contributed by atoms with Gasteiger partial charge in [-0.25, -0.2) is 4.39 Å². The van der Waals surface area contributed by atoms with E-state index in [0.29, 0.717) is 6.04 Å². The van der Waals surface area contributed by atoms with Gasteiger partial charge < -0.3 is 4.90 Å². The van der Waals surface area contributed by atoms with Crippen LogP contribution in [0.3, 0.4) is 0 Å². The zero-order valence-corrected chi connectivity index (χ0v) is 17.6. The highest BCUT2D eigenvalue weighted by molar-refractivity contribution is 5.49. The molecule has 29 heavy (non-hydrogen) atoms. The lowest BCUT2D eigenvalue weighted by Gasteiger charge is -2.30. The molecule has 3 heterocycles. The molecule has 4 rings (SSSR count). The Morgan fingerprint density at radius 2 is 1.90 bits per heavy atom. The van der Waals surface area contributed by atoms with Gasteiger partial charge in [-0.05, 0) is 68.1 Å². The quantitative estimate of drug-likeness (QED) is 0.663. The molecule has 0 amide bonds. The molecule has 0 radical (unpaired) electrons. The summed E-state index contributed by atoms with van der Waals surface area (Å²) in [7, 11) is 0. The number of nitrogens with zero attached hydrogens (tertiary/aromatic N) is 4. The van der Waals surface area contributed by atoms with E-state index in [9.17, 15) is 4.39 Å². The number of aromatic nitrogens is 1. The van der Waals surface area contributed by atoms with E-state index in [1.54, 1.807) is 6.07 Å². The van der Waals surface area contributed by atoms with Crippen molar-refractivity contribution in [2.24, 2.45) is 0 Å². The Morgan fingerprint density at radius 1 is 1.07 bits per heavy atom. The molecule has 1 aromatic heterocycles. The predicted octanol–water partition coefficient (Wildman–Crippen LogP) is 4.31. The van der Waals surface area contributed by atoms with Gasteiger partial charge in [-0.15, -0.1) is 0 Å². The Kier molecular flexibility index (Phi) is 6.78. The zero-order chi connectivity index (χ0) is 20.1. The number of likely N-dealkylation sites (tertiary alicyclic amines) is 1. The maximum absolute atomic E-state index is 14.8. The summed E-state index contributed by atoms with van der Waals surface area (Å²) < 4.78 is 14.8. The fourth-order valence-corrected chi connectivity index (χ4v) is 4.87. The summed E-state index contributed by atoms with van der Waals surface area (Å²) >= 11 is 0. The minimum Gasteiger partial charge on any atom is -0.369 e. The largest absolute Gasteiger partial charge is 0.369 e. The number of hydrogen-bond donors (Lipinski definition) is 0. The highest BCUT2D eigenvalue weighted by Crippen LogP contribution is 2.26. The monoisotopic (exact) mass is 396 g/mol. The van der Waals surface area contributed by atoms with Crippen LogP contribution in [0.5, 0.6) is 0 Å². The van der Waals surface area contributed by atoms with E-state index in [0.717, 1.165) is 63.4 Å². The van der Waals surface area contributed by atoms with Gasteiger partial charge in [0.15, 0.2) is 0 Å². The Balaban J connectivity index is 1.48. The number of hydrogen-bond acceptors (Lipinski definition) is 4. The molecule has 2 aromatic rings. The highest BCUT2D eigenvalue weighted by Gasteiger charge is 2.25. The molecular formula is C24H33FN4. The average Bonchev–Trinajstić information content (AvgIpc) is 3.41. The van der Waals surface area contributed by atoms with Gasteiger partial charge in [0.05, 0.1) is 5.69 Å². The van der Waals surface area contributed by atoms with Crippen LogP contribution in [-0.2, 0) is 13.1 Å². The second-order valence-electron chi connectivity index (χ2n) is 8.44. The first-order chi connectivity index (χ1) is 14.2. The molecule has 0 saturated carbocycles. The normalized spacial score (nSPS) is 20.1. The maximum Gasteiger partial charge on any atom is 0.146 e. The maximum atomic E-state index is 14.8. The van der Waals surface area contributed by atoms with Gasteiger partial charge in [-0.3, -0.25) is 14.8 Å². The molecule has 1 unspecified atom stereocenters. The van der Waals surface area contributed by atoms with Gasteiger partial charge >= 0.3 is 0 Å². The van der Waals surface area contributed by atoms with Gasteiger partial charge in [0, 0.05) is 51.2 Å². The second-order valence-corrected chi connectivity index (χ2v) is 8.44. The molecule has 5 heteroatoms. The molecule has 1 atom stereocenters. The summed E-state index contributed by atoms with van der Waals surface area (Å²) in [5.74, 6) is -0.0817. The van der Waals surface area contributed by atoms with E-state index in [1.807, 2.05) is 24.5 Å². The Hall–Kier alpha value is -1.98. The minimum absolute atomic E-state index is 0.0817. The van der Waals surface area contributed by atoms with Crippen LogP contribution in [0.2, 0.25) is 0 Å². The third-order valence-electron chi connectivity index (χ3n) is 6.37. The first kappa shape index (κ1) is 20.3. The lowest BCUT2D eigenvalue weighted by atomic mass is 10.1. The lowest BCUT2D eigenvalue weighted by Crippen LogP contribution is -2.39. The number of likely N-dealkylation sites (N-methyl/N-ethyl adjacent to an activating group) is 1. The molecule has 0 N–H and O–H groups in total. The molecule has 2 fully saturated rings. The second kappa shape index (κ2) is 9.68. The van der Waals surface area contributed by atoms with Crippen LogP contribution in [0.15, 0.2) is 42.7 Å². The van der Waals surface area contributed by atoms with Crippen LogP contribution < -0.4 is 4.90 Å². The molecule has 2 saturated heterocycles. The number of benzene rings is 1. The summed E-state index contributed by atoms with van der Waals surface area (Å²) in [6, 6.07) is 10.5. The van der Waals surface area contributed by atoms with E-state index < -0.39 is 0 Å². The van der Waals surface area contributed by atoms with Crippen molar-refractivity contribution >= 4 is 5.69 Å². The number of pyridine rings is 1. The van der Waals surface area contributed by atoms with E-state index in [2.05, 4.69) is 38.7 Å². The molecule has 156 valence electrons. The van der Waals surface area contributed by atoms with Crippen molar-refractivity contribution in [3.05, 3.63) is 59.7 Å². The van der Waals surface area contributed by atoms with Crippen LogP contribution in [0, 0.1) is 5.82 Å². The Bertz CT molecular complexity index is 776. The summed E-state index contributed by atoms with van der Waals surface area (Å²) in [6.45, 7) is 9.10. The summed E-state index contributed by atoms with van der Waals surface area (Å²) in [5, 5.41) is 0. The van der Waals surface area contributed by atoms with Crippen LogP contribution in [0.4, 0.5) is 10.1 Å². The molecular weight excluding hydrogens is 363 g/mol. The number of anilines is 1. The fourth-order valence-electron chi connectivity index (χ4n) is 4.87. The molecule has 2 aliphatic heterocycles. The van der Waals surface area contributed by atoms with Crippen molar-refractivity contribution in [2.75, 3.05) is 37.6 Å². The van der Waals surface area contributed by atoms with Crippen molar-refractivity contribution in [2.45, 2.75) is 51.7 Å². The molecule has 0 bridgehead atoms. The summed E-state index contributed by atoms with van der Waals surface area (Å²) in [6.07, 6.45) is 8.61. The smallest absolute Gasteiger partial charge is 0.146 e. The molecule has 4 nitrogen and oxygen atoms in total. The highest BCUT2D eigenvalue weighted by atomic mass is 19.1. The van der Waals surface area contributed by atoms with Crippen LogP contribution in [-0.4, -0.2) is 53.5 Å². The van der Waals surface area contributed by atoms with Gasteiger partial charge in [0.1, 0.15) is 5.82 Å². The average molecular weight is 397 g/mol. The zero-order valence-electron chi connectivity index (χ0n) is 17.6. The lowest BCUT2D eigenvalue weighted by molar-refractivity contribution is 0.166. The van der Waals surface area contributed by atoms with E-state index >= 15 is 0 Å². The van der Waals surface area contributed by atoms with E-state index in [-0.39, 0.29) is 5.82 Å². The first-order valence-electron chi connectivity index (χ1n) is 11.1. The van der Waals surface area contributed by atoms with Crippen molar-refractivity contribution in [3.8, 4) is 0 Å². The van der Waals surface area contributed by atoms with Crippen molar-refractivity contribution in [3.63, 3.8) is 0 Å². The molecule has 1 aromatic carbocycles. The number of rotatable bonds is 8. The van der Waals surface area contributed by atoms with E-state index in [1.165, 1.54) is 24.9 Å². The fraction of sp³-hybridized carbons (Fsp3) is 0.542. The summed E-state index contributed by atoms with van der Waals surface area (Å²) in [4.78, 5) is 11.5. The van der Waals surface area contributed by atoms with Gasteiger partial charge in [-0.1, -0.05) is 19.1 Å². The SMILES string of the molecule is CCN1CCCC1CN(Cc1cccnc1)Cc1ccc(N2CCCC2)c(F)c1. The topological polar surface area (TPSA) is 22.6 Å².